The molecular formula is C20H24N10O11P2S. The number of phosphoric acid groups is 1. The Hall–Kier alpha value is -3.01. The van der Waals surface area contributed by atoms with Crippen molar-refractivity contribution in [1.82, 2.24) is 39.0 Å². The van der Waals surface area contributed by atoms with E-state index in [1.54, 1.807) is 0 Å². The Balaban J connectivity index is 1.19. The molecule has 3 unspecified atom stereocenters. The fourth-order valence-corrected chi connectivity index (χ4v) is 7.68. The van der Waals surface area contributed by atoms with Gasteiger partial charge in [0, 0.05) is 6.42 Å². The van der Waals surface area contributed by atoms with Gasteiger partial charge in [0.05, 0.1) is 25.9 Å². The van der Waals surface area contributed by atoms with Gasteiger partial charge in [-0.1, -0.05) is 12.2 Å². The molecule has 2 bridgehead atoms. The van der Waals surface area contributed by atoms with Crippen molar-refractivity contribution in [2.75, 3.05) is 24.7 Å². The Morgan fingerprint density at radius 3 is 2.52 bits per heavy atom. The lowest BCUT2D eigenvalue weighted by Gasteiger charge is -2.26. The number of aromatic nitrogens is 8. The van der Waals surface area contributed by atoms with Crippen LogP contribution in [0, 0.1) is 0 Å². The predicted molar refractivity (Wildman–Crippen MR) is 149 cm³/mol. The number of imidazole rings is 2. The van der Waals surface area contributed by atoms with E-state index >= 15 is 0 Å². The van der Waals surface area contributed by atoms with Gasteiger partial charge in [-0.05, 0) is 0 Å². The number of nitrogens with zero attached hydrogens (tertiary/aromatic N) is 7. The largest absolute Gasteiger partial charge is 0.472 e. The SMILES string of the molecule is Nc1nc2c(ncn2[C@@H]2OC3COP(=O)(O)O[C@H]4C[C@H](n5cnc6c(N)ncnc65)O[C@@H]4COP(=O)(S)O[C@@H]2[C@@H]3O)c(=O)[nH]1. The zero-order valence-electron chi connectivity index (χ0n) is 22.1. The number of nitrogens with two attached hydrogens (primary N) is 2. The fourth-order valence-electron chi connectivity index (χ4n) is 5.26. The zero-order chi connectivity index (χ0) is 31.0. The molecule has 3 aliphatic rings. The van der Waals surface area contributed by atoms with Crippen molar-refractivity contribution in [3.63, 3.8) is 0 Å². The minimum Gasteiger partial charge on any atom is -0.387 e. The molecule has 3 saturated heterocycles. The number of nitrogens with one attached hydrogen (secondary N) is 1. The van der Waals surface area contributed by atoms with Crippen LogP contribution in [0.25, 0.3) is 22.3 Å². The molecule has 236 valence electrons. The number of hydrogen-bond acceptors (Lipinski definition) is 17. The van der Waals surface area contributed by atoms with Gasteiger partial charge in [0.25, 0.3) is 5.56 Å². The van der Waals surface area contributed by atoms with Crippen molar-refractivity contribution in [3.05, 3.63) is 29.3 Å². The van der Waals surface area contributed by atoms with Gasteiger partial charge in [-0.3, -0.25) is 37.0 Å². The van der Waals surface area contributed by atoms with Gasteiger partial charge in [-0.25, -0.2) is 29.1 Å². The van der Waals surface area contributed by atoms with Crippen molar-refractivity contribution in [2.45, 2.75) is 49.4 Å². The molecule has 4 aromatic rings. The molecule has 3 aliphatic heterocycles. The maximum absolute atomic E-state index is 13.5. The van der Waals surface area contributed by atoms with E-state index in [0.717, 1.165) is 0 Å². The average Bonchev–Trinajstić information content (AvgIpc) is 3.72. The number of H-pyrrole nitrogens is 1. The third kappa shape index (κ3) is 5.31. The molecule has 24 heteroatoms. The van der Waals surface area contributed by atoms with E-state index in [-0.39, 0.29) is 29.4 Å². The first kappa shape index (κ1) is 29.7. The summed E-state index contributed by atoms with van der Waals surface area (Å²) in [6.45, 7) is -5.48. The van der Waals surface area contributed by atoms with E-state index < -0.39 is 76.4 Å². The summed E-state index contributed by atoms with van der Waals surface area (Å²) in [7, 11) is -4.82. The van der Waals surface area contributed by atoms with Crippen LogP contribution in [0.1, 0.15) is 18.9 Å². The quantitative estimate of drug-likeness (QED) is 0.117. The first-order valence-corrected chi connectivity index (χ1v) is 17.0. The Kier molecular flexibility index (Phi) is 7.29. The van der Waals surface area contributed by atoms with Gasteiger partial charge in [0.1, 0.15) is 48.6 Å². The maximum atomic E-state index is 13.5. The highest BCUT2D eigenvalue weighted by atomic mass is 32.7. The zero-order valence-corrected chi connectivity index (χ0v) is 24.8. The third-order valence-electron chi connectivity index (χ3n) is 7.24. The van der Waals surface area contributed by atoms with E-state index in [4.69, 9.17) is 39.0 Å². The molecule has 3 fully saturated rings. The number of fused-ring (bicyclic) bond motifs is 5. The Labute approximate surface area is 250 Å². The second-order valence-electron chi connectivity index (χ2n) is 10.0. The van der Waals surface area contributed by atoms with E-state index in [2.05, 4.69) is 42.2 Å². The lowest BCUT2D eigenvalue weighted by Crippen LogP contribution is -2.35. The number of aliphatic hydroxyl groups excluding tert-OH is 1. The van der Waals surface area contributed by atoms with Crippen LogP contribution in [-0.4, -0.2) is 92.8 Å². The Morgan fingerprint density at radius 2 is 1.70 bits per heavy atom. The number of phosphoric ester groups is 1. The number of nitrogen functional groups attached to an aromatic ring is 2. The second kappa shape index (κ2) is 10.8. The topological polar surface area (TPSA) is 289 Å². The van der Waals surface area contributed by atoms with Crippen LogP contribution >= 0.6 is 26.9 Å². The van der Waals surface area contributed by atoms with Crippen LogP contribution in [0.2, 0.25) is 0 Å². The molecule has 4 aromatic heterocycles. The third-order valence-corrected chi connectivity index (χ3v) is 9.87. The van der Waals surface area contributed by atoms with Crippen LogP contribution in [0.4, 0.5) is 11.8 Å². The highest BCUT2D eigenvalue weighted by molar-refractivity contribution is 8.44. The molecule has 7 rings (SSSR count). The average molecular weight is 674 g/mol. The van der Waals surface area contributed by atoms with Gasteiger partial charge in [-0.15, -0.1) is 0 Å². The summed E-state index contributed by atoms with van der Waals surface area (Å²) in [5.74, 6) is -0.0877. The molecule has 0 amide bonds. The van der Waals surface area contributed by atoms with Gasteiger partial charge >= 0.3 is 14.6 Å². The molecule has 44 heavy (non-hydrogen) atoms. The van der Waals surface area contributed by atoms with Gasteiger partial charge < -0.3 is 30.9 Å². The van der Waals surface area contributed by atoms with E-state index in [0.29, 0.717) is 11.2 Å². The molecule has 7 N–H and O–H groups in total. The lowest BCUT2D eigenvalue weighted by molar-refractivity contribution is -0.0619. The fraction of sp³-hybridized carbons (Fsp3) is 0.500. The van der Waals surface area contributed by atoms with Crippen molar-refractivity contribution in [2.24, 2.45) is 0 Å². The van der Waals surface area contributed by atoms with Crippen molar-refractivity contribution in [1.29, 1.82) is 0 Å². The number of ether oxygens (including phenoxy) is 2. The van der Waals surface area contributed by atoms with E-state index in [9.17, 15) is 23.9 Å². The molecule has 0 radical (unpaired) electrons. The maximum Gasteiger partial charge on any atom is 0.472 e. The van der Waals surface area contributed by atoms with Crippen LogP contribution in [-0.2, 0) is 36.7 Å². The van der Waals surface area contributed by atoms with Gasteiger partial charge in [0.15, 0.2) is 28.9 Å². The standard InChI is InChI=1S/C20H24N10O11P2S/c21-15-11-16(24-4-23-15)29(5-25-11)10-1-7-8(38-10)2-37-43(35,44)41-14-13(31)9(3-36-42(33,34)40-7)39-19(14)30-6-26-12-17(30)27-20(22)28-18(12)32/h4-10,13-14,19,31H,1-3H2,(H,33,34)(H,35,44)(H2,21,23,24)(H3,22,27,28,32)/t7-,8+,9?,10+,13+,14+,19+,43?/m0/s1. The number of hydrogen-bond donors (Lipinski definition) is 6. The van der Waals surface area contributed by atoms with E-state index in [1.807, 2.05) is 0 Å². The number of thiol groups is 1. The lowest BCUT2D eigenvalue weighted by atomic mass is 10.1. The molecule has 21 nitrogen and oxygen atoms in total. The van der Waals surface area contributed by atoms with Crippen LogP contribution in [0.3, 0.4) is 0 Å². The molecular weight excluding hydrogens is 650 g/mol. The van der Waals surface area contributed by atoms with Crippen molar-refractivity contribution < 1.29 is 46.7 Å². The van der Waals surface area contributed by atoms with E-state index in [1.165, 1.54) is 28.1 Å². The Bertz CT molecular complexity index is 1900. The Morgan fingerprint density at radius 1 is 0.955 bits per heavy atom. The summed E-state index contributed by atoms with van der Waals surface area (Å²) in [4.78, 5) is 45.6. The summed E-state index contributed by atoms with van der Waals surface area (Å²) in [6.07, 6.45) is -4.98. The number of aliphatic hydroxyl groups is 1. The second-order valence-corrected chi connectivity index (χ2v) is 14.3. The van der Waals surface area contributed by atoms with Crippen molar-refractivity contribution in [3.8, 4) is 0 Å². The molecule has 0 aliphatic carbocycles. The summed E-state index contributed by atoms with van der Waals surface area (Å²) >= 11 is 4.08. The first-order chi connectivity index (χ1) is 20.9. The summed E-state index contributed by atoms with van der Waals surface area (Å²) in [5, 5.41) is 11.1. The van der Waals surface area contributed by atoms with Crippen LogP contribution in [0.5, 0.6) is 0 Å². The predicted octanol–water partition coefficient (Wildman–Crippen LogP) is -0.375. The molecule has 0 aromatic carbocycles. The summed E-state index contributed by atoms with van der Waals surface area (Å²) in [5.41, 5.74) is 11.4. The monoisotopic (exact) mass is 674 g/mol. The molecule has 0 saturated carbocycles. The highest BCUT2D eigenvalue weighted by Gasteiger charge is 2.51. The normalized spacial score (nSPS) is 36.6. The minimum atomic E-state index is -4.82. The number of anilines is 2. The van der Waals surface area contributed by atoms with Crippen LogP contribution in [0.15, 0.2) is 23.8 Å². The highest BCUT2D eigenvalue weighted by Crippen LogP contribution is 2.58. The summed E-state index contributed by atoms with van der Waals surface area (Å²) < 4.78 is 63.0. The number of rotatable bonds is 2. The van der Waals surface area contributed by atoms with Gasteiger partial charge in [-0.2, -0.15) is 4.98 Å². The molecule has 0 spiro atoms. The molecule has 9 atom stereocenters. The molecule has 7 heterocycles. The minimum absolute atomic E-state index is 0.00868. The smallest absolute Gasteiger partial charge is 0.387 e. The van der Waals surface area contributed by atoms with Gasteiger partial charge in [0.2, 0.25) is 5.95 Å². The van der Waals surface area contributed by atoms with Crippen LogP contribution < -0.4 is 17.0 Å². The van der Waals surface area contributed by atoms with Crippen molar-refractivity contribution >= 4 is 61.0 Å². The number of aromatic amines is 1. The first-order valence-electron chi connectivity index (χ1n) is 12.8. The summed E-state index contributed by atoms with van der Waals surface area (Å²) in [6, 6.07) is 0.